The number of hydrogen-bond acceptors (Lipinski definition) is 3. The minimum absolute atomic E-state index is 0.0618. The molecule has 69 heavy (non-hydrogen) atoms. The summed E-state index contributed by atoms with van der Waals surface area (Å²) in [5, 5.41) is 6.05. The van der Waals surface area contributed by atoms with Crippen molar-refractivity contribution >= 4 is 63.5 Å². The SMILES string of the molecule is C=c1c2c(c3ccccc3c1=CC(=CC)N(c1ccc(-c3ccc(N4C5C=CC=CC5C5C=Cc6oc7ccccc7c6C54)cc3)cc1)C1C=CC=C3C(=C1)C(C)(C)c1ccccc13)C=CCC2C. The Morgan fingerprint density at radius 3 is 2.28 bits per heavy atom. The van der Waals surface area contributed by atoms with Crippen molar-refractivity contribution in [2.24, 2.45) is 11.8 Å². The van der Waals surface area contributed by atoms with Crippen LogP contribution in [0.15, 0.2) is 204 Å². The number of allylic oxidation sites excluding steroid dienone is 9. The summed E-state index contributed by atoms with van der Waals surface area (Å²) in [5.74, 6) is 2.11. The van der Waals surface area contributed by atoms with E-state index in [1.165, 1.54) is 77.2 Å². The lowest BCUT2D eigenvalue weighted by Crippen LogP contribution is -2.36. The van der Waals surface area contributed by atoms with Crippen molar-refractivity contribution in [3.8, 4) is 11.1 Å². The Labute approximate surface area is 405 Å². The smallest absolute Gasteiger partial charge is 0.135 e. The quantitative estimate of drug-likeness (QED) is 0.166. The van der Waals surface area contributed by atoms with Crippen molar-refractivity contribution in [1.29, 1.82) is 0 Å². The standard InChI is InChI=1S/C66H56N2O/c1-6-45(39-57-42(3)63-41(2)17-15-25-54(63)49-19-7-8-20-50(49)57)67(48-18-16-24-52-51-21-9-12-26-58(51)66(4,5)59(52)40-48)46-33-29-43(30-34-46)44-31-35-47(36-32-44)68-60-27-13-10-22-53(60)55-37-38-62-64(65(55)68)56-23-11-14-28-61(56)69-62/h6-16,18-41,48,53,55,60,65H,3,17H2,1-2,4-5H3. The van der Waals surface area contributed by atoms with Gasteiger partial charge in [0.15, 0.2) is 0 Å². The molecule has 6 atom stereocenters. The van der Waals surface area contributed by atoms with Gasteiger partial charge in [0, 0.05) is 45.3 Å². The summed E-state index contributed by atoms with van der Waals surface area (Å²) in [7, 11) is 0. The summed E-state index contributed by atoms with van der Waals surface area (Å²) < 4.78 is 6.45. The van der Waals surface area contributed by atoms with Gasteiger partial charge in [-0.05, 0) is 127 Å². The zero-order valence-corrected chi connectivity index (χ0v) is 39.8. The van der Waals surface area contributed by atoms with Crippen LogP contribution in [0.2, 0.25) is 0 Å². The summed E-state index contributed by atoms with van der Waals surface area (Å²) in [6.07, 6.45) is 33.7. The zero-order valence-electron chi connectivity index (χ0n) is 39.8. The van der Waals surface area contributed by atoms with Crippen molar-refractivity contribution in [2.45, 2.75) is 63.6 Å². The molecule has 0 N–H and O–H groups in total. The van der Waals surface area contributed by atoms with Crippen LogP contribution in [-0.2, 0) is 5.41 Å². The second-order valence-electron chi connectivity index (χ2n) is 20.3. The average Bonchev–Trinajstić information content (AvgIpc) is 3.92. The van der Waals surface area contributed by atoms with E-state index in [0.29, 0.717) is 17.8 Å². The Morgan fingerprint density at radius 1 is 0.739 bits per heavy atom. The van der Waals surface area contributed by atoms with Crippen molar-refractivity contribution in [3.05, 3.63) is 243 Å². The van der Waals surface area contributed by atoms with Gasteiger partial charge in [0.1, 0.15) is 11.3 Å². The number of hydrogen-bond donors (Lipinski definition) is 0. The van der Waals surface area contributed by atoms with Crippen LogP contribution in [0.5, 0.6) is 0 Å². The van der Waals surface area contributed by atoms with Crippen LogP contribution in [0.25, 0.3) is 63.2 Å². The Balaban J connectivity index is 0.900. The molecule has 6 aromatic carbocycles. The van der Waals surface area contributed by atoms with Gasteiger partial charge in [-0.15, -0.1) is 0 Å². The van der Waals surface area contributed by atoms with Gasteiger partial charge < -0.3 is 14.2 Å². The molecule has 0 spiro atoms. The van der Waals surface area contributed by atoms with E-state index >= 15 is 0 Å². The first-order valence-electron chi connectivity index (χ1n) is 24.9. The molecule has 0 saturated carbocycles. The third-order valence-electron chi connectivity index (χ3n) is 16.3. The van der Waals surface area contributed by atoms with E-state index in [4.69, 9.17) is 11.0 Å². The first-order chi connectivity index (χ1) is 33.8. The lowest BCUT2D eigenvalue weighted by molar-refractivity contribution is 0.491. The molecule has 336 valence electrons. The number of rotatable bonds is 6. The summed E-state index contributed by atoms with van der Waals surface area (Å²) in [6.45, 7) is 14.1. The van der Waals surface area contributed by atoms with Gasteiger partial charge in [-0.2, -0.15) is 0 Å². The molecule has 0 radical (unpaired) electrons. The van der Waals surface area contributed by atoms with Gasteiger partial charge >= 0.3 is 0 Å². The fourth-order valence-electron chi connectivity index (χ4n) is 13.0. The van der Waals surface area contributed by atoms with E-state index in [-0.39, 0.29) is 23.5 Å². The third-order valence-corrected chi connectivity index (χ3v) is 16.3. The number of para-hydroxylation sites is 1. The first-order valence-corrected chi connectivity index (χ1v) is 24.9. The van der Waals surface area contributed by atoms with Crippen molar-refractivity contribution in [2.75, 3.05) is 9.80 Å². The van der Waals surface area contributed by atoms with E-state index in [2.05, 4.69) is 244 Å². The van der Waals surface area contributed by atoms with E-state index in [1.54, 1.807) is 0 Å². The van der Waals surface area contributed by atoms with E-state index in [0.717, 1.165) is 34.4 Å². The average molecular weight is 893 g/mol. The normalized spacial score (nSPS) is 23.8. The highest BCUT2D eigenvalue weighted by molar-refractivity contribution is 5.95. The van der Waals surface area contributed by atoms with Crippen LogP contribution in [0.1, 0.15) is 79.7 Å². The molecule has 2 heterocycles. The molecule has 3 nitrogen and oxygen atoms in total. The highest BCUT2D eigenvalue weighted by Crippen LogP contribution is 2.55. The van der Waals surface area contributed by atoms with Gasteiger partial charge in [-0.25, -0.2) is 0 Å². The molecule has 1 saturated heterocycles. The molecule has 3 heteroatoms. The van der Waals surface area contributed by atoms with Crippen LogP contribution in [0.4, 0.5) is 11.4 Å². The van der Waals surface area contributed by atoms with Crippen LogP contribution >= 0.6 is 0 Å². The van der Waals surface area contributed by atoms with Crippen molar-refractivity contribution in [3.63, 3.8) is 0 Å². The molecule has 7 aromatic rings. The molecule has 5 aliphatic carbocycles. The number of furan rings is 1. The van der Waals surface area contributed by atoms with E-state index < -0.39 is 0 Å². The molecule has 6 aliphatic rings. The molecule has 0 amide bonds. The van der Waals surface area contributed by atoms with Gasteiger partial charge in [0.25, 0.3) is 0 Å². The predicted octanol–water partition coefficient (Wildman–Crippen LogP) is 14.9. The maximum Gasteiger partial charge on any atom is 0.135 e. The molecular weight excluding hydrogens is 837 g/mol. The number of nitrogens with zero attached hydrogens (tertiary/aromatic N) is 2. The maximum absolute atomic E-state index is 6.45. The summed E-state index contributed by atoms with van der Waals surface area (Å²) in [6, 6.07) is 45.2. The second-order valence-corrected chi connectivity index (χ2v) is 20.3. The fraction of sp³-hybridized carbons (Fsp3) is 0.182. The topological polar surface area (TPSA) is 19.6 Å². The fourth-order valence-corrected chi connectivity index (χ4v) is 13.0. The van der Waals surface area contributed by atoms with Crippen molar-refractivity contribution < 1.29 is 4.42 Å². The van der Waals surface area contributed by atoms with Gasteiger partial charge in [0.2, 0.25) is 0 Å². The highest BCUT2D eigenvalue weighted by atomic mass is 16.3. The Kier molecular flexibility index (Phi) is 9.63. The molecule has 1 aromatic heterocycles. The van der Waals surface area contributed by atoms with Crippen LogP contribution in [0, 0.1) is 11.8 Å². The molecule has 13 rings (SSSR count). The number of anilines is 2. The zero-order chi connectivity index (χ0) is 46.5. The second kappa shape index (κ2) is 16.0. The Morgan fingerprint density at radius 2 is 1.46 bits per heavy atom. The largest absolute Gasteiger partial charge is 0.456 e. The van der Waals surface area contributed by atoms with Gasteiger partial charge in [-0.3, -0.25) is 0 Å². The van der Waals surface area contributed by atoms with Crippen LogP contribution in [0.3, 0.4) is 0 Å². The van der Waals surface area contributed by atoms with E-state index in [9.17, 15) is 0 Å². The van der Waals surface area contributed by atoms with Crippen LogP contribution in [-0.4, -0.2) is 12.1 Å². The third kappa shape index (κ3) is 6.40. The minimum Gasteiger partial charge on any atom is -0.456 e. The van der Waals surface area contributed by atoms with Crippen LogP contribution < -0.4 is 20.2 Å². The van der Waals surface area contributed by atoms with Gasteiger partial charge in [-0.1, -0.05) is 191 Å². The summed E-state index contributed by atoms with van der Waals surface area (Å²) in [4.78, 5) is 5.18. The maximum atomic E-state index is 6.45. The minimum atomic E-state index is -0.143. The molecule has 1 fully saturated rings. The van der Waals surface area contributed by atoms with E-state index in [1.807, 2.05) is 0 Å². The highest BCUT2D eigenvalue weighted by Gasteiger charge is 2.50. The Hall–Kier alpha value is -7.62. The number of fused-ring (bicyclic) bond motifs is 13. The monoisotopic (exact) mass is 892 g/mol. The summed E-state index contributed by atoms with van der Waals surface area (Å²) >= 11 is 0. The predicted molar refractivity (Wildman–Crippen MR) is 291 cm³/mol. The molecular formula is C66H56N2O. The van der Waals surface area contributed by atoms with Crippen molar-refractivity contribution in [1.82, 2.24) is 0 Å². The first kappa shape index (κ1) is 41.6. The van der Waals surface area contributed by atoms with Gasteiger partial charge in [0.05, 0.1) is 18.1 Å². The summed E-state index contributed by atoms with van der Waals surface area (Å²) in [5.41, 5.74) is 16.1. The Bertz CT molecular complexity index is 3640. The number of benzene rings is 6. The molecule has 1 aliphatic heterocycles. The molecule has 0 bridgehead atoms. The lowest BCUT2D eigenvalue weighted by Gasteiger charge is -2.34. The molecule has 6 unspecified atom stereocenters. The lowest BCUT2D eigenvalue weighted by atomic mass is 9.79.